The molecule has 0 aromatic carbocycles. The standard InChI is InChI=1S/C8H15NO2/c1-2-6-3-4-9-8(11)7(6)5-10/h6-7,10H,2-5H2,1H3,(H,9,11). The normalized spacial score (nSPS) is 31.6. The Hall–Kier alpha value is -0.570. The minimum Gasteiger partial charge on any atom is -0.396 e. The highest BCUT2D eigenvalue weighted by atomic mass is 16.3. The smallest absolute Gasteiger partial charge is 0.225 e. The average Bonchev–Trinajstić information content (AvgIpc) is 2.04. The zero-order valence-electron chi connectivity index (χ0n) is 6.84. The highest BCUT2D eigenvalue weighted by Crippen LogP contribution is 2.22. The van der Waals surface area contributed by atoms with Crippen LogP contribution in [0.1, 0.15) is 19.8 Å². The maximum Gasteiger partial charge on any atom is 0.225 e. The molecule has 1 aliphatic heterocycles. The highest BCUT2D eigenvalue weighted by Gasteiger charge is 2.29. The Bertz CT molecular complexity index is 147. The minimum atomic E-state index is -0.159. The lowest BCUT2D eigenvalue weighted by Crippen LogP contribution is -2.43. The number of hydrogen-bond donors (Lipinski definition) is 2. The summed E-state index contributed by atoms with van der Waals surface area (Å²) in [5.74, 6) is 0.244. The molecule has 0 aliphatic carbocycles. The van der Waals surface area contributed by atoms with Crippen LogP contribution in [0.2, 0.25) is 0 Å². The highest BCUT2D eigenvalue weighted by molar-refractivity contribution is 5.79. The van der Waals surface area contributed by atoms with E-state index in [4.69, 9.17) is 5.11 Å². The first kappa shape index (κ1) is 8.53. The quantitative estimate of drug-likeness (QED) is 0.599. The number of nitrogens with one attached hydrogen (secondary N) is 1. The number of carbonyl (C=O) groups excluding carboxylic acids is 1. The number of aliphatic hydroxyl groups excluding tert-OH is 1. The molecule has 1 amide bonds. The average molecular weight is 157 g/mol. The number of hydrogen-bond acceptors (Lipinski definition) is 2. The third kappa shape index (κ3) is 1.71. The molecule has 1 rings (SSSR count). The van der Waals surface area contributed by atoms with Crippen LogP contribution in [0.3, 0.4) is 0 Å². The number of carbonyl (C=O) groups is 1. The molecule has 0 aromatic heterocycles. The fourth-order valence-electron chi connectivity index (χ4n) is 1.65. The van der Waals surface area contributed by atoms with Crippen molar-refractivity contribution in [2.45, 2.75) is 19.8 Å². The van der Waals surface area contributed by atoms with Crippen LogP contribution in [-0.2, 0) is 4.79 Å². The third-order valence-corrected chi connectivity index (χ3v) is 2.44. The Morgan fingerprint density at radius 3 is 2.91 bits per heavy atom. The molecule has 0 aromatic rings. The maximum absolute atomic E-state index is 11.1. The summed E-state index contributed by atoms with van der Waals surface area (Å²) >= 11 is 0. The van der Waals surface area contributed by atoms with E-state index < -0.39 is 0 Å². The summed E-state index contributed by atoms with van der Waals surface area (Å²) in [5.41, 5.74) is 0. The van der Waals surface area contributed by atoms with Gasteiger partial charge in [0.05, 0.1) is 12.5 Å². The second kappa shape index (κ2) is 3.72. The molecule has 3 nitrogen and oxygen atoms in total. The van der Waals surface area contributed by atoms with Gasteiger partial charge in [0, 0.05) is 6.54 Å². The van der Waals surface area contributed by atoms with E-state index in [1.54, 1.807) is 0 Å². The molecule has 3 heteroatoms. The van der Waals surface area contributed by atoms with Crippen LogP contribution in [-0.4, -0.2) is 24.2 Å². The van der Waals surface area contributed by atoms with Crippen molar-refractivity contribution in [2.24, 2.45) is 11.8 Å². The van der Waals surface area contributed by atoms with Gasteiger partial charge >= 0.3 is 0 Å². The van der Waals surface area contributed by atoms with Crippen molar-refractivity contribution in [1.29, 1.82) is 0 Å². The Morgan fingerprint density at radius 1 is 1.73 bits per heavy atom. The van der Waals surface area contributed by atoms with Crippen LogP contribution in [0.4, 0.5) is 0 Å². The summed E-state index contributed by atoms with van der Waals surface area (Å²) in [6, 6.07) is 0. The first-order chi connectivity index (χ1) is 5.29. The molecule has 0 radical (unpaired) electrons. The predicted octanol–water partition coefficient (Wildman–Crippen LogP) is 0.141. The number of rotatable bonds is 2. The third-order valence-electron chi connectivity index (χ3n) is 2.44. The maximum atomic E-state index is 11.1. The second-order valence-corrected chi connectivity index (χ2v) is 3.04. The number of piperidine rings is 1. The SMILES string of the molecule is CCC1CCNC(=O)C1CO. The Morgan fingerprint density at radius 2 is 2.45 bits per heavy atom. The molecule has 1 aliphatic rings. The van der Waals surface area contributed by atoms with Crippen LogP contribution in [0.25, 0.3) is 0 Å². The van der Waals surface area contributed by atoms with Crippen molar-refractivity contribution in [2.75, 3.05) is 13.2 Å². The van der Waals surface area contributed by atoms with E-state index in [-0.39, 0.29) is 18.4 Å². The summed E-state index contributed by atoms with van der Waals surface area (Å²) in [5, 5.41) is 11.7. The van der Waals surface area contributed by atoms with Crippen molar-refractivity contribution in [3.63, 3.8) is 0 Å². The van der Waals surface area contributed by atoms with Crippen LogP contribution in [0.15, 0.2) is 0 Å². The van der Waals surface area contributed by atoms with Gasteiger partial charge in [0.2, 0.25) is 5.91 Å². The van der Waals surface area contributed by atoms with Crippen molar-refractivity contribution < 1.29 is 9.90 Å². The fraction of sp³-hybridized carbons (Fsp3) is 0.875. The number of aliphatic hydroxyl groups is 1. The molecule has 64 valence electrons. The lowest BCUT2D eigenvalue weighted by atomic mass is 9.84. The monoisotopic (exact) mass is 157 g/mol. The first-order valence-electron chi connectivity index (χ1n) is 4.18. The Labute approximate surface area is 66.8 Å². The van der Waals surface area contributed by atoms with Gasteiger partial charge in [-0.1, -0.05) is 13.3 Å². The zero-order chi connectivity index (χ0) is 8.27. The molecular weight excluding hydrogens is 142 g/mol. The molecule has 0 spiro atoms. The lowest BCUT2D eigenvalue weighted by molar-refractivity contribution is -0.130. The van der Waals surface area contributed by atoms with Gasteiger partial charge < -0.3 is 10.4 Å². The Kier molecular flexibility index (Phi) is 2.88. The van der Waals surface area contributed by atoms with Crippen LogP contribution >= 0.6 is 0 Å². The molecule has 0 saturated carbocycles. The molecule has 2 N–H and O–H groups in total. The molecule has 1 saturated heterocycles. The lowest BCUT2D eigenvalue weighted by Gasteiger charge is -2.28. The fourth-order valence-corrected chi connectivity index (χ4v) is 1.65. The van der Waals surface area contributed by atoms with Gasteiger partial charge in [-0.05, 0) is 12.3 Å². The van der Waals surface area contributed by atoms with Crippen molar-refractivity contribution >= 4 is 5.91 Å². The van der Waals surface area contributed by atoms with Gasteiger partial charge in [0.15, 0.2) is 0 Å². The van der Waals surface area contributed by atoms with Gasteiger partial charge in [0.25, 0.3) is 0 Å². The van der Waals surface area contributed by atoms with E-state index in [0.29, 0.717) is 5.92 Å². The van der Waals surface area contributed by atoms with E-state index in [0.717, 1.165) is 19.4 Å². The zero-order valence-corrected chi connectivity index (χ0v) is 6.84. The van der Waals surface area contributed by atoms with Crippen LogP contribution < -0.4 is 5.32 Å². The largest absolute Gasteiger partial charge is 0.396 e. The van der Waals surface area contributed by atoms with E-state index in [1.807, 2.05) is 0 Å². The first-order valence-corrected chi connectivity index (χ1v) is 4.18. The Balaban J connectivity index is 2.56. The topological polar surface area (TPSA) is 49.3 Å². The van der Waals surface area contributed by atoms with E-state index in [2.05, 4.69) is 12.2 Å². The molecule has 2 atom stereocenters. The van der Waals surface area contributed by atoms with Crippen molar-refractivity contribution in [3.8, 4) is 0 Å². The molecule has 11 heavy (non-hydrogen) atoms. The second-order valence-electron chi connectivity index (χ2n) is 3.04. The van der Waals surface area contributed by atoms with Crippen LogP contribution in [0, 0.1) is 11.8 Å². The van der Waals surface area contributed by atoms with Crippen LogP contribution in [0.5, 0.6) is 0 Å². The molecule has 2 unspecified atom stereocenters. The van der Waals surface area contributed by atoms with Crippen molar-refractivity contribution in [1.82, 2.24) is 5.32 Å². The molecule has 0 bridgehead atoms. The summed E-state index contributed by atoms with van der Waals surface area (Å²) in [6.45, 7) is 2.82. The van der Waals surface area contributed by atoms with E-state index in [1.165, 1.54) is 0 Å². The van der Waals surface area contributed by atoms with Gasteiger partial charge in [-0.25, -0.2) is 0 Å². The van der Waals surface area contributed by atoms with Crippen molar-refractivity contribution in [3.05, 3.63) is 0 Å². The number of amides is 1. The van der Waals surface area contributed by atoms with E-state index >= 15 is 0 Å². The molecule has 1 fully saturated rings. The van der Waals surface area contributed by atoms with E-state index in [9.17, 15) is 4.79 Å². The van der Waals surface area contributed by atoms with Gasteiger partial charge in [-0.3, -0.25) is 4.79 Å². The summed E-state index contributed by atoms with van der Waals surface area (Å²) in [7, 11) is 0. The molecular formula is C8H15NO2. The van der Waals surface area contributed by atoms with Gasteiger partial charge in [-0.15, -0.1) is 0 Å². The summed E-state index contributed by atoms with van der Waals surface area (Å²) in [6.07, 6.45) is 1.99. The predicted molar refractivity (Wildman–Crippen MR) is 42.0 cm³/mol. The minimum absolute atomic E-state index is 0.00958. The summed E-state index contributed by atoms with van der Waals surface area (Å²) in [4.78, 5) is 11.1. The van der Waals surface area contributed by atoms with Gasteiger partial charge in [0.1, 0.15) is 0 Å². The van der Waals surface area contributed by atoms with Gasteiger partial charge in [-0.2, -0.15) is 0 Å². The molecule has 1 heterocycles. The summed E-state index contributed by atoms with van der Waals surface area (Å²) < 4.78 is 0.